The fourth-order valence-corrected chi connectivity index (χ4v) is 3.80. The van der Waals surface area contributed by atoms with Crippen molar-refractivity contribution in [2.75, 3.05) is 0 Å². The van der Waals surface area contributed by atoms with Crippen molar-refractivity contribution in [1.82, 2.24) is 0 Å². The number of carbonyl (C=O) groups excluding carboxylic acids is 2. The van der Waals surface area contributed by atoms with Gasteiger partial charge in [-0.1, -0.05) is 27.7 Å². The molecule has 2 aliphatic carbocycles. The predicted molar refractivity (Wildman–Crippen MR) is 100 cm³/mol. The smallest absolute Gasteiger partial charge is 0.168 e. The van der Waals surface area contributed by atoms with Crippen LogP contribution in [0.2, 0.25) is 0 Å². The Hall–Kier alpha value is -2.24. The van der Waals surface area contributed by atoms with Gasteiger partial charge in [-0.15, -0.1) is 0 Å². The van der Waals surface area contributed by atoms with E-state index in [1.807, 2.05) is 27.7 Å². The van der Waals surface area contributed by atoms with E-state index in [-0.39, 0.29) is 82.2 Å². The van der Waals surface area contributed by atoms with Gasteiger partial charge in [-0.2, -0.15) is 0 Å². The zero-order valence-corrected chi connectivity index (χ0v) is 16.0. The van der Waals surface area contributed by atoms with E-state index < -0.39 is 0 Å². The fourth-order valence-electron chi connectivity index (χ4n) is 3.80. The number of hydrogen-bond donors (Lipinski definition) is 4. The summed E-state index contributed by atoms with van der Waals surface area (Å²) >= 11 is 0. The lowest BCUT2D eigenvalue weighted by molar-refractivity contribution is -0.118. The average molecular weight is 360 g/mol. The molecule has 2 rings (SSSR count). The quantitative estimate of drug-likeness (QED) is 0.445. The minimum atomic E-state index is -0.293. The molecule has 6 heteroatoms. The second-order valence-electron chi connectivity index (χ2n) is 8.98. The van der Waals surface area contributed by atoms with Crippen molar-refractivity contribution >= 4 is 23.0 Å². The highest BCUT2D eigenvalue weighted by molar-refractivity contribution is 6.24. The first kappa shape index (κ1) is 20.1. The number of aliphatic hydroxyl groups excluding tert-OH is 2. The lowest BCUT2D eigenvalue weighted by Gasteiger charge is -2.31. The van der Waals surface area contributed by atoms with Gasteiger partial charge in [0.25, 0.3) is 0 Å². The van der Waals surface area contributed by atoms with Crippen molar-refractivity contribution in [3.63, 3.8) is 0 Å². The van der Waals surface area contributed by atoms with E-state index >= 15 is 0 Å². The number of allylic oxidation sites excluding steroid dienone is 4. The summed E-state index contributed by atoms with van der Waals surface area (Å²) in [6.45, 7) is 7.63. The first-order valence-electron chi connectivity index (χ1n) is 8.89. The van der Waals surface area contributed by atoms with Crippen LogP contribution in [0.1, 0.15) is 66.2 Å². The van der Waals surface area contributed by atoms with E-state index in [2.05, 4.69) is 0 Å². The lowest BCUT2D eigenvalue weighted by Crippen LogP contribution is -2.32. The highest BCUT2D eigenvalue weighted by Gasteiger charge is 2.37. The van der Waals surface area contributed by atoms with Crippen molar-refractivity contribution in [3.05, 3.63) is 22.7 Å². The van der Waals surface area contributed by atoms with Crippen molar-refractivity contribution in [2.45, 2.75) is 66.2 Å². The van der Waals surface area contributed by atoms with Gasteiger partial charge in [0.15, 0.2) is 11.6 Å². The number of aliphatic hydroxyl groups is 2. The van der Waals surface area contributed by atoms with Crippen LogP contribution in [0, 0.1) is 21.6 Å². The van der Waals surface area contributed by atoms with Crippen LogP contribution in [0.15, 0.2) is 22.7 Å². The Bertz CT molecular complexity index is 646. The zero-order valence-electron chi connectivity index (χ0n) is 16.0. The van der Waals surface area contributed by atoms with Gasteiger partial charge >= 0.3 is 0 Å². The van der Waals surface area contributed by atoms with Crippen LogP contribution in [0.25, 0.3) is 0 Å². The molecule has 0 radical (unpaired) electrons. The summed E-state index contributed by atoms with van der Waals surface area (Å²) in [5, 5.41) is 36.7. The van der Waals surface area contributed by atoms with Crippen LogP contribution in [0.3, 0.4) is 0 Å². The van der Waals surface area contributed by atoms with E-state index in [1.165, 1.54) is 0 Å². The normalized spacial score (nSPS) is 26.8. The van der Waals surface area contributed by atoms with Crippen LogP contribution in [0.5, 0.6) is 0 Å². The lowest BCUT2D eigenvalue weighted by atomic mass is 9.72. The van der Waals surface area contributed by atoms with E-state index in [4.69, 9.17) is 10.8 Å². The molecule has 0 unspecified atom stereocenters. The Kier molecular flexibility index (Phi) is 5.26. The Labute approximate surface area is 154 Å². The van der Waals surface area contributed by atoms with Crippen molar-refractivity contribution in [3.8, 4) is 0 Å². The summed E-state index contributed by atoms with van der Waals surface area (Å²) in [6.07, 6.45) is 1.26. The third-order valence-electron chi connectivity index (χ3n) is 4.93. The first-order chi connectivity index (χ1) is 11.8. The van der Waals surface area contributed by atoms with Gasteiger partial charge < -0.3 is 21.0 Å². The number of ketones is 2. The molecule has 4 N–H and O–H groups in total. The molecule has 2 saturated carbocycles. The van der Waals surface area contributed by atoms with Crippen molar-refractivity contribution in [1.29, 1.82) is 10.8 Å². The molecule has 26 heavy (non-hydrogen) atoms. The summed E-state index contributed by atoms with van der Waals surface area (Å²) in [7, 11) is 0. The zero-order chi connectivity index (χ0) is 19.9. The Morgan fingerprint density at radius 1 is 0.769 bits per heavy atom. The highest BCUT2D eigenvalue weighted by Crippen LogP contribution is 2.37. The topological polar surface area (TPSA) is 122 Å². The Morgan fingerprint density at radius 3 is 1.35 bits per heavy atom. The molecule has 2 aliphatic rings. The summed E-state index contributed by atoms with van der Waals surface area (Å²) in [5.41, 5.74) is -0.295. The molecule has 0 aliphatic heterocycles. The van der Waals surface area contributed by atoms with E-state index in [0.29, 0.717) is 12.8 Å². The molecule has 0 atom stereocenters. The minimum absolute atomic E-state index is 0.0355. The van der Waals surface area contributed by atoms with Gasteiger partial charge in [-0.05, 0) is 23.7 Å². The monoisotopic (exact) mass is 360 g/mol. The van der Waals surface area contributed by atoms with Crippen molar-refractivity contribution in [2.24, 2.45) is 10.8 Å². The second kappa shape index (κ2) is 6.82. The number of hydrogen-bond acceptors (Lipinski definition) is 6. The molecule has 0 aromatic carbocycles. The molecule has 0 saturated heterocycles. The third kappa shape index (κ3) is 4.29. The largest absolute Gasteiger partial charge is 0.511 e. The molecule has 0 heterocycles. The molecule has 0 aromatic heterocycles. The maximum absolute atomic E-state index is 12.3. The van der Waals surface area contributed by atoms with Gasteiger partial charge in [0.05, 0.1) is 11.1 Å². The van der Waals surface area contributed by atoms with E-state index in [1.54, 1.807) is 0 Å². The molecule has 142 valence electrons. The van der Waals surface area contributed by atoms with Gasteiger partial charge in [-0.25, -0.2) is 0 Å². The number of rotatable bonds is 3. The maximum Gasteiger partial charge on any atom is 0.168 e. The summed E-state index contributed by atoms with van der Waals surface area (Å²) in [4.78, 5) is 24.5. The second-order valence-corrected chi connectivity index (χ2v) is 8.98. The summed E-state index contributed by atoms with van der Waals surface area (Å²) in [5.74, 6) is -0.978. The minimum Gasteiger partial charge on any atom is -0.511 e. The first-order valence-corrected chi connectivity index (χ1v) is 8.89. The molecule has 2 fully saturated rings. The van der Waals surface area contributed by atoms with E-state index in [0.717, 1.165) is 0 Å². The molecular weight excluding hydrogens is 332 g/mol. The molecular formula is C20H28N2O4. The Morgan fingerprint density at radius 2 is 1.08 bits per heavy atom. The van der Waals surface area contributed by atoms with Crippen LogP contribution in [-0.4, -0.2) is 33.2 Å². The van der Waals surface area contributed by atoms with Crippen LogP contribution >= 0.6 is 0 Å². The molecule has 0 spiro atoms. The van der Waals surface area contributed by atoms with Gasteiger partial charge in [-0.3, -0.25) is 9.59 Å². The molecule has 0 amide bonds. The fraction of sp³-hybridized carbons (Fsp3) is 0.600. The van der Waals surface area contributed by atoms with E-state index in [9.17, 15) is 19.8 Å². The third-order valence-corrected chi connectivity index (χ3v) is 4.93. The number of carbonyl (C=O) groups is 2. The SMILES string of the molecule is CC1(C)CC(=N)/C(=C(/O)CC/C(O)=C2/C(=N)CC(C)(C)CC2=O)C(=O)C1. The summed E-state index contributed by atoms with van der Waals surface area (Å²) < 4.78 is 0. The van der Waals surface area contributed by atoms with Crippen LogP contribution in [-0.2, 0) is 9.59 Å². The predicted octanol–water partition coefficient (Wildman–Crippen LogP) is 4.21. The molecule has 0 aromatic rings. The van der Waals surface area contributed by atoms with Gasteiger partial charge in [0.2, 0.25) is 0 Å². The number of Topliss-reactive ketones (excluding diaryl/α,β-unsaturated/α-hetero) is 2. The number of nitrogens with one attached hydrogen (secondary N) is 2. The van der Waals surface area contributed by atoms with Crippen LogP contribution in [0.4, 0.5) is 0 Å². The van der Waals surface area contributed by atoms with Crippen LogP contribution < -0.4 is 0 Å². The maximum atomic E-state index is 12.3. The average Bonchev–Trinajstić information content (AvgIpc) is 2.40. The standard InChI is InChI=1S/C20H28N2O4/c1-19(2)7-11(21)17(15(25)9-19)13(23)5-6-14(24)18-12(22)8-20(3,4)10-16(18)26/h21-24H,5-10H2,1-4H3/b17-13-,18-14+,21-11?,22-12?. The van der Waals surface area contributed by atoms with Gasteiger partial charge in [0, 0.05) is 37.1 Å². The highest BCUT2D eigenvalue weighted by atomic mass is 16.3. The Balaban J connectivity index is 2.17. The summed E-state index contributed by atoms with van der Waals surface area (Å²) in [6, 6.07) is 0. The van der Waals surface area contributed by atoms with Gasteiger partial charge in [0.1, 0.15) is 11.5 Å². The molecule has 0 bridgehead atoms. The van der Waals surface area contributed by atoms with Crippen molar-refractivity contribution < 1.29 is 19.8 Å². The molecule has 6 nitrogen and oxygen atoms in total.